The van der Waals surface area contributed by atoms with Crippen LogP contribution in [0.2, 0.25) is 0 Å². The quantitative estimate of drug-likeness (QED) is 0.0240. The highest BCUT2D eigenvalue weighted by Gasteiger charge is 2.42. The van der Waals surface area contributed by atoms with E-state index in [0.29, 0.717) is 22.3 Å². The fourth-order valence-corrected chi connectivity index (χ4v) is 8.12. The number of H-pyrrole nitrogens is 1. The van der Waals surface area contributed by atoms with Gasteiger partial charge in [-0.25, -0.2) is 23.5 Å². The standard InChI is InChI=1S/C38H35N5O14P2/c1-25-21-43(38(47)40-35(25)44)34-20-32(41-42-39)33(56-34)24-51-58(48,49)57-59(50,52-22-26-12-16-30(17-13-26)54-36(45)28-8-4-2-5-9-28)53-23-27-14-18-31(19-15-27)55-37(46)29-10-6-3-7-11-29/h2-19,21,32-34H,20,22-24H2,1H3,(H,48,49)(H,40,44,47)/t32-,33+,34+/m0/s1. The number of phosphoric acid groups is 2. The Hall–Kier alpha value is -5.97. The van der Waals surface area contributed by atoms with Crippen molar-refractivity contribution in [1.29, 1.82) is 0 Å². The molecule has 1 fully saturated rings. The Morgan fingerprint density at radius 1 is 0.831 bits per heavy atom. The third-order valence-corrected chi connectivity index (χ3v) is 11.5. The number of aromatic amines is 1. The zero-order valence-corrected chi connectivity index (χ0v) is 32.8. The van der Waals surface area contributed by atoms with Gasteiger partial charge in [0.1, 0.15) is 17.7 Å². The summed E-state index contributed by atoms with van der Waals surface area (Å²) in [4.78, 5) is 64.9. The largest absolute Gasteiger partial charge is 0.484 e. The molecule has 0 amide bonds. The number of benzene rings is 4. The molecule has 4 atom stereocenters. The Balaban J connectivity index is 1.13. The zero-order valence-electron chi connectivity index (χ0n) is 31.0. The second kappa shape index (κ2) is 19.2. The maximum absolute atomic E-state index is 14.0. The predicted molar refractivity (Wildman–Crippen MR) is 207 cm³/mol. The number of hydrogen-bond acceptors (Lipinski definition) is 14. The summed E-state index contributed by atoms with van der Waals surface area (Å²) >= 11 is 0. The Morgan fingerprint density at radius 3 is 1.83 bits per heavy atom. The van der Waals surface area contributed by atoms with Gasteiger partial charge in [0.05, 0.1) is 43.1 Å². The molecule has 5 aromatic rings. The topological polar surface area (TPSA) is 257 Å². The summed E-state index contributed by atoms with van der Waals surface area (Å²) in [6.07, 6.45) is -1.08. The van der Waals surface area contributed by atoms with Crippen LogP contribution < -0.4 is 20.7 Å². The monoisotopic (exact) mass is 847 g/mol. The number of aromatic nitrogens is 2. The van der Waals surface area contributed by atoms with Crippen LogP contribution in [-0.4, -0.2) is 45.1 Å². The number of phosphoric ester groups is 2. The van der Waals surface area contributed by atoms with Crippen LogP contribution in [0.1, 0.15) is 50.1 Å². The first kappa shape index (κ1) is 42.6. The highest BCUT2D eigenvalue weighted by Crippen LogP contribution is 2.64. The Labute approximate surface area is 334 Å². The van der Waals surface area contributed by atoms with Gasteiger partial charge in [-0.3, -0.25) is 27.9 Å². The van der Waals surface area contributed by atoms with Crippen molar-refractivity contribution in [3.05, 3.63) is 174 Å². The summed E-state index contributed by atoms with van der Waals surface area (Å²) in [6.45, 7) is -0.261. The second-order valence-electron chi connectivity index (χ2n) is 12.8. The Morgan fingerprint density at radius 2 is 1.34 bits per heavy atom. The lowest BCUT2D eigenvalue weighted by Crippen LogP contribution is -2.33. The normalized spacial score (nSPS) is 17.4. The maximum atomic E-state index is 14.0. The van der Waals surface area contributed by atoms with Crippen LogP contribution in [0.5, 0.6) is 11.5 Å². The minimum absolute atomic E-state index is 0.0702. The molecule has 6 rings (SSSR count). The Kier molecular flexibility index (Phi) is 13.9. The molecule has 4 aromatic carbocycles. The highest BCUT2D eigenvalue weighted by atomic mass is 31.3. The molecule has 306 valence electrons. The fraction of sp³-hybridized carbons (Fsp3) is 0.211. The van der Waals surface area contributed by atoms with E-state index in [4.69, 9.17) is 37.6 Å². The highest BCUT2D eigenvalue weighted by molar-refractivity contribution is 7.61. The minimum Gasteiger partial charge on any atom is -0.423 e. The van der Waals surface area contributed by atoms with E-state index >= 15 is 0 Å². The van der Waals surface area contributed by atoms with Crippen LogP contribution in [0.25, 0.3) is 10.4 Å². The van der Waals surface area contributed by atoms with Gasteiger partial charge >= 0.3 is 33.3 Å². The molecular weight excluding hydrogens is 812 g/mol. The van der Waals surface area contributed by atoms with Gasteiger partial charge in [-0.15, -0.1) is 0 Å². The summed E-state index contributed by atoms with van der Waals surface area (Å²) in [5.74, 6) is -0.792. The van der Waals surface area contributed by atoms with Gasteiger partial charge in [0.25, 0.3) is 5.56 Å². The molecule has 2 heterocycles. The average Bonchev–Trinajstić information content (AvgIpc) is 3.63. The maximum Gasteiger partial charge on any atom is 0.484 e. The number of azide groups is 1. The Bertz CT molecular complexity index is 2430. The van der Waals surface area contributed by atoms with Gasteiger partial charge in [0, 0.05) is 23.1 Å². The molecule has 0 radical (unpaired) electrons. The van der Waals surface area contributed by atoms with Crippen molar-refractivity contribution in [2.24, 2.45) is 5.11 Å². The van der Waals surface area contributed by atoms with Crippen molar-refractivity contribution in [1.82, 2.24) is 9.55 Å². The molecule has 0 saturated carbocycles. The van der Waals surface area contributed by atoms with Gasteiger partial charge in [0.2, 0.25) is 0 Å². The predicted octanol–water partition coefficient (Wildman–Crippen LogP) is 6.93. The van der Waals surface area contributed by atoms with Crippen molar-refractivity contribution in [3.63, 3.8) is 0 Å². The van der Waals surface area contributed by atoms with Crippen molar-refractivity contribution in [2.75, 3.05) is 6.61 Å². The smallest absolute Gasteiger partial charge is 0.423 e. The van der Waals surface area contributed by atoms with E-state index in [1.165, 1.54) is 61.7 Å². The zero-order chi connectivity index (χ0) is 42.0. The van der Waals surface area contributed by atoms with Crippen LogP contribution in [0.15, 0.2) is 130 Å². The summed E-state index contributed by atoms with van der Waals surface area (Å²) < 4.78 is 66.1. The van der Waals surface area contributed by atoms with Crippen molar-refractivity contribution < 1.29 is 55.7 Å². The number of hydrogen-bond donors (Lipinski definition) is 2. The minimum atomic E-state index is -5.34. The molecule has 21 heteroatoms. The van der Waals surface area contributed by atoms with Crippen LogP contribution in [0, 0.1) is 6.92 Å². The van der Waals surface area contributed by atoms with Crippen molar-refractivity contribution in [3.8, 4) is 11.5 Å². The van der Waals surface area contributed by atoms with Crippen LogP contribution in [0.4, 0.5) is 0 Å². The summed E-state index contributed by atoms with van der Waals surface area (Å²) in [7, 11) is -10.3. The lowest BCUT2D eigenvalue weighted by atomic mass is 10.1. The van der Waals surface area contributed by atoms with Gasteiger partial charge in [0.15, 0.2) is 0 Å². The van der Waals surface area contributed by atoms with Gasteiger partial charge in [-0.1, -0.05) is 65.8 Å². The number of carbonyl (C=O) groups excluding carboxylic acids is 2. The van der Waals surface area contributed by atoms with E-state index in [-0.39, 0.29) is 23.5 Å². The van der Waals surface area contributed by atoms with E-state index in [0.717, 1.165) is 4.57 Å². The molecule has 1 aromatic heterocycles. The third kappa shape index (κ3) is 11.8. The van der Waals surface area contributed by atoms with Crippen LogP contribution >= 0.6 is 15.6 Å². The molecule has 1 aliphatic heterocycles. The SMILES string of the molecule is Cc1cn([C@H]2C[C@H](N=[N+]=[N-])[C@@H](COP(=O)(O)OP(=O)(OCc3ccc(OC(=O)c4ccccc4)cc3)OCc3ccc(OC(=O)c4ccccc4)cc3)O2)c(=O)[nH]c1=O. The number of ether oxygens (including phenoxy) is 3. The first-order valence-electron chi connectivity index (χ1n) is 17.6. The van der Waals surface area contributed by atoms with Gasteiger partial charge < -0.3 is 19.1 Å². The number of nitrogens with one attached hydrogen (secondary N) is 1. The van der Waals surface area contributed by atoms with Crippen molar-refractivity contribution in [2.45, 2.75) is 44.9 Å². The summed E-state index contributed by atoms with van der Waals surface area (Å²) in [5.41, 5.74) is 9.32. The molecule has 0 bridgehead atoms. The molecule has 59 heavy (non-hydrogen) atoms. The summed E-state index contributed by atoms with van der Waals surface area (Å²) in [6, 6.07) is 27.4. The third-order valence-electron chi connectivity index (χ3n) is 8.53. The molecular formula is C38H35N5O14P2. The van der Waals surface area contributed by atoms with E-state index in [2.05, 4.69) is 15.0 Å². The molecule has 1 aliphatic rings. The number of carbonyl (C=O) groups is 2. The number of nitrogens with zero attached hydrogens (tertiary/aromatic N) is 4. The lowest BCUT2D eigenvalue weighted by molar-refractivity contribution is -0.0271. The second-order valence-corrected chi connectivity index (χ2v) is 16.0. The van der Waals surface area contributed by atoms with Gasteiger partial charge in [-0.05, 0) is 72.1 Å². The molecule has 1 unspecified atom stereocenters. The number of esters is 2. The van der Waals surface area contributed by atoms with Gasteiger partial charge in [-0.2, -0.15) is 4.31 Å². The number of aryl methyl sites for hydroxylation is 1. The summed E-state index contributed by atoms with van der Waals surface area (Å²) in [5, 5.41) is 3.64. The van der Waals surface area contributed by atoms with E-state index < -0.39 is 77.0 Å². The molecule has 19 nitrogen and oxygen atoms in total. The van der Waals surface area contributed by atoms with Crippen LogP contribution in [-0.2, 0) is 45.0 Å². The molecule has 0 aliphatic carbocycles. The molecule has 2 N–H and O–H groups in total. The molecule has 0 spiro atoms. The van der Waals surface area contributed by atoms with E-state index in [1.54, 1.807) is 60.7 Å². The number of rotatable bonds is 17. The lowest BCUT2D eigenvalue weighted by Gasteiger charge is -2.22. The van der Waals surface area contributed by atoms with Crippen molar-refractivity contribution >= 4 is 27.6 Å². The fourth-order valence-electron chi connectivity index (χ4n) is 5.52. The van der Waals surface area contributed by atoms with E-state index in [1.807, 2.05) is 0 Å². The first-order valence-corrected chi connectivity index (χ1v) is 20.6. The molecule has 1 saturated heterocycles. The van der Waals surface area contributed by atoms with E-state index in [9.17, 15) is 33.2 Å². The average molecular weight is 848 g/mol. The first-order chi connectivity index (χ1) is 28.3. The van der Waals surface area contributed by atoms with Crippen LogP contribution in [0.3, 0.4) is 0 Å².